The third kappa shape index (κ3) is 6.72. The Morgan fingerprint density at radius 2 is 1.69 bits per heavy atom. The fraction of sp³-hybridized carbons (Fsp3) is 0.205. The second-order valence-electron chi connectivity index (χ2n) is 12.1. The zero-order chi connectivity index (χ0) is 35.6. The summed E-state index contributed by atoms with van der Waals surface area (Å²) in [6.07, 6.45) is 1.84. The largest absolute Gasteiger partial charge is 0.505 e. The third-order valence-corrected chi connectivity index (χ3v) is 10.8. The lowest BCUT2D eigenvalue weighted by Gasteiger charge is -2.23. The number of ketones is 1. The van der Waals surface area contributed by atoms with Crippen LogP contribution in [0.2, 0.25) is 0 Å². The van der Waals surface area contributed by atoms with Gasteiger partial charge < -0.3 is 19.0 Å². The maximum Gasteiger partial charge on any atom is 0.301 e. The van der Waals surface area contributed by atoms with E-state index in [9.17, 15) is 14.7 Å². The summed E-state index contributed by atoms with van der Waals surface area (Å²) < 4.78 is 14.7. The van der Waals surface area contributed by atoms with Crippen molar-refractivity contribution >= 4 is 51.3 Å². The first-order chi connectivity index (χ1) is 24.7. The van der Waals surface area contributed by atoms with Gasteiger partial charge in [0, 0.05) is 11.9 Å². The van der Waals surface area contributed by atoms with Crippen LogP contribution in [0.3, 0.4) is 0 Å². The number of hydrogen-bond donors (Lipinski definition) is 1. The van der Waals surface area contributed by atoms with Gasteiger partial charge in [0.2, 0.25) is 5.13 Å². The fourth-order valence-corrected chi connectivity index (χ4v) is 7.85. The lowest BCUT2D eigenvalue weighted by Crippen LogP contribution is -2.29. The normalized spacial score (nSPS) is 15.5. The number of aliphatic hydroxyl groups is 1. The Kier molecular flexibility index (Phi) is 9.61. The molecule has 258 valence electrons. The molecule has 12 heteroatoms. The SMILES string of the molecule is CCOc1cc(C2/C(=C(\O)c3nc4c(C)cccn4c3C)C(=O)C(=O)N2c2nnc(SCc3ccc(C)cc3)s2)ccc1OCc1ccccc1. The molecule has 10 nitrogen and oxygen atoms in total. The standard InChI is InChI=1S/C39H35N5O5S2/c1-5-48-30-20-28(17-18-29(30)49-21-26-11-7-6-8-12-26)33-31(34(45)32-25(4)43-19-9-10-24(3)36(43)40-32)35(46)37(47)44(33)38-41-42-39(51-38)50-22-27-15-13-23(2)14-16-27/h6-20,33,45H,5,21-22H2,1-4H3/b34-31+. The van der Waals surface area contributed by atoms with Crippen molar-refractivity contribution in [1.82, 2.24) is 19.6 Å². The average molecular weight is 718 g/mol. The number of imidazole rings is 1. The Bertz CT molecular complexity index is 2280. The Morgan fingerprint density at radius 3 is 2.43 bits per heavy atom. The Hall–Kier alpha value is -5.46. The van der Waals surface area contributed by atoms with Crippen LogP contribution in [0, 0.1) is 20.8 Å². The number of pyridine rings is 1. The molecule has 0 radical (unpaired) electrons. The monoisotopic (exact) mass is 717 g/mol. The number of aromatic nitrogens is 4. The maximum atomic E-state index is 14.0. The van der Waals surface area contributed by atoms with Crippen LogP contribution in [0.1, 0.15) is 52.2 Å². The number of benzene rings is 3. The highest BCUT2D eigenvalue weighted by Crippen LogP contribution is 2.46. The van der Waals surface area contributed by atoms with Crippen LogP contribution >= 0.6 is 23.1 Å². The lowest BCUT2D eigenvalue weighted by molar-refractivity contribution is -0.132. The van der Waals surface area contributed by atoms with Gasteiger partial charge in [0.25, 0.3) is 5.78 Å². The molecule has 4 heterocycles. The summed E-state index contributed by atoms with van der Waals surface area (Å²) in [4.78, 5) is 34.0. The molecule has 3 aromatic heterocycles. The van der Waals surface area contributed by atoms with E-state index in [-0.39, 0.29) is 22.2 Å². The second-order valence-corrected chi connectivity index (χ2v) is 14.3. The quantitative estimate of drug-likeness (QED) is 0.0467. The molecule has 1 unspecified atom stereocenters. The summed E-state index contributed by atoms with van der Waals surface area (Å²) in [5.41, 5.74) is 6.08. The molecule has 1 saturated heterocycles. The summed E-state index contributed by atoms with van der Waals surface area (Å²) in [5, 5.41) is 20.9. The number of nitrogens with zero attached hydrogens (tertiary/aromatic N) is 5. The van der Waals surface area contributed by atoms with Crippen molar-refractivity contribution in [2.75, 3.05) is 11.5 Å². The number of aryl methyl sites for hydroxylation is 3. The summed E-state index contributed by atoms with van der Waals surface area (Å²) in [6, 6.07) is 26.1. The Labute approximate surface area is 303 Å². The molecule has 0 saturated carbocycles. The highest BCUT2D eigenvalue weighted by atomic mass is 32.2. The van der Waals surface area contributed by atoms with Gasteiger partial charge >= 0.3 is 5.91 Å². The Morgan fingerprint density at radius 1 is 0.902 bits per heavy atom. The van der Waals surface area contributed by atoms with Gasteiger partial charge in [0.1, 0.15) is 17.9 Å². The van der Waals surface area contributed by atoms with Crippen LogP contribution in [0.25, 0.3) is 11.4 Å². The van der Waals surface area contributed by atoms with Crippen molar-refractivity contribution in [3.05, 3.63) is 136 Å². The number of carbonyl (C=O) groups excluding carboxylic acids is 2. The molecule has 0 bridgehead atoms. The molecule has 1 amide bonds. The van der Waals surface area contributed by atoms with Crippen molar-refractivity contribution in [2.24, 2.45) is 0 Å². The average Bonchev–Trinajstić information content (AvgIpc) is 3.82. The number of thioether (sulfide) groups is 1. The van der Waals surface area contributed by atoms with Gasteiger partial charge in [0.15, 0.2) is 21.6 Å². The number of carbonyl (C=O) groups is 2. The molecule has 0 aliphatic carbocycles. The number of anilines is 1. The first-order valence-electron chi connectivity index (χ1n) is 16.4. The number of ether oxygens (including phenoxy) is 2. The zero-order valence-electron chi connectivity index (χ0n) is 28.5. The molecule has 1 fully saturated rings. The zero-order valence-corrected chi connectivity index (χ0v) is 30.1. The summed E-state index contributed by atoms with van der Waals surface area (Å²) in [5.74, 6) is -0.458. The second kappa shape index (κ2) is 14.4. The van der Waals surface area contributed by atoms with E-state index >= 15 is 0 Å². The van der Waals surface area contributed by atoms with Gasteiger partial charge in [-0.25, -0.2) is 4.98 Å². The van der Waals surface area contributed by atoms with Crippen molar-refractivity contribution in [3.8, 4) is 11.5 Å². The molecule has 7 rings (SSSR count). The molecule has 1 aliphatic heterocycles. The predicted octanol–water partition coefficient (Wildman–Crippen LogP) is 8.01. The fourth-order valence-electron chi connectivity index (χ4n) is 6.02. The van der Waals surface area contributed by atoms with Crippen LogP contribution in [0.15, 0.2) is 101 Å². The number of rotatable bonds is 11. The first kappa shape index (κ1) is 34.0. The van der Waals surface area contributed by atoms with Crippen LogP contribution in [-0.2, 0) is 21.9 Å². The highest BCUT2D eigenvalue weighted by Gasteiger charge is 2.49. The number of fused-ring (bicyclic) bond motifs is 1. The van der Waals surface area contributed by atoms with Crippen molar-refractivity contribution < 1.29 is 24.2 Å². The van der Waals surface area contributed by atoms with E-state index in [1.54, 1.807) is 18.2 Å². The Balaban J connectivity index is 1.31. The van der Waals surface area contributed by atoms with Crippen LogP contribution in [0.5, 0.6) is 11.5 Å². The topological polar surface area (TPSA) is 119 Å². The number of Topliss-reactive ketones (excluding diaryl/α,β-unsaturated/α-hetero) is 1. The summed E-state index contributed by atoms with van der Waals surface area (Å²) >= 11 is 2.71. The first-order valence-corrected chi connectivity index (χ1v) is 18.2. The molecule has 0 spiro atoms. The smallest absolute Gasteiger partial charge is 0.301 e. The van der Waals surface area contributed by atoms with E-state index in [1.165, 1.54) is 33.6 Å². The number of amides is 1. The van der Waals surface area contributed by atoms with E-state index in [1.807, 2.05) is 80.8 Å². The maximum absolute atomic E-state index is 14.0. The van der Waals surface area contributed by atoms with Gasteiger partial charge in [-0.15, -0.1) is 10.2 Å². The summed E-state index contributed by atoms with van der Waals surface area (Å²) in [7, 11) is 0. The van der Waals surface area contributed by atoms with E-state index in [2.05, 4.69) is 34.5 Å². The van der Waals surface area contributed by atoms with Crippen LogP contribution in [-0.4, -0.2) is 43.0 Å². The number of hydrogen-bond acceptors (Lipinski definition) is 10. The molecule has 1 atom stereocenters. The minimum Gasteiger partial charge on any atom is -0.505 e. The number of aliphatic hydroxyl groups excluding tert-OH is 1. The van der Waals surface area contributed by atoms with Gasteiger partial charge in [-0.3, -0.25) is 14.5 Å². The predicted molar refractivity (Wildman–Crippen MR) is 198 cm³/mol. The van der Waals surface area contributed by atoms with E-state index < -0.39 is 17.7 Å². The van der Waals surface area contributed by atoms with Crippen LogP contribution < -0.4 is 14.4 Å². The van der Waals surface area contributed by atoms with E-state index in [0.29, 0.717) is 51.7 Å². The van der Waals surface area contributed by atoms with Crippen molar-refractivity contribution in [3.63, 3.8) is 0 Å². The minimum atomic E-state index is -1.06. The summed E-state index contributed by atoms with van der Waals surface area (Å²) in [6.45, 7) is 8.31. The van der Waals surface area contributed by atoms with Gasteiger partial charge in [-0.2, -0.15) is 0 Å². The van der Waals surface area contributed by atoms with Crippen LogP contribution in [0.4, 0.5) is 5.13 Å². The lowest BCUT2D eigenvalue weighted by atomic mass is 9.96. The molecule has 1 N–H and O–H groups in total. The molecular formula is C39H35N5O5S2. The van der Waals surface area contributed by atoms with E-state index in [0.717, 1.165) is 16.7 Å². The highest BCUT2D eigenvalue weighted by molar-refractivity contribution is 8.00. The van der Waals surface area contributed by atoms with Crippen molar-refractivity contribution in [2.45, 2.75) is 50.4 Å². The molecule has 1 aliphatic rings. The van der Waals surface area contributed by atoms with E-state index in [4.69, 9.17) is 14.5 Å². The molecule has 3 aromatic carbocycles. The molecule has 6 aromatic rings. The molecular weight excluding hydrogens is 683 g/mol. The molecule has 51 heavy (non-hydrogen) atoms. The van der Waals surface area contributed by atoms with Crippen molar-refractivity contribution in [1.29, 1.82) is 0 Å². The van der Waals surface area contributed by atoms with Gasteiger partial charge in [0.05, 0.1) is 23.9 Å². The van der Waals surface area contributed by atoms with Gasteiger partial charge in [-0.05, 0) is 68.1 Å². The minimum absolute atomic E-state index is 0.103. The van der Waals surface area contributed by atoms with Gasteiger partial charge in [-0.1, -0.05) is 95.4 Å². The third-order valence-electron chi connectivity index (χ3n) is 8.66.